The largest absolute Gasteiger partial charge is 0.330 e. The van der Waals surface area contributed by atoms with Gasteiger partial charge in [-0.1, -0.05) is 29.3 Å². The van der Waals surface area contributed by atoms with Crippen LogP contribution in [0.2, 0.25) is 10.0 Å². The highest BCUT2D eigenvalue weighted by Crippen LogP contribution is 2.23. The standard InChI is InChI=1S/C8H9Cl2N.ClH/c9-7-2-1-3-8(10)6(7)4-5-11;/h1-3H,4-5,11H2;1H. The van der Waals surface area contributed by atoms with E-state index in [1.807, 2.05) is 18.2 Å². The van der Waals surface area contributed by atoms with E-state index >= 15 is 0 Å². The van der Waals surface area contributed by atoms with Gasteiger partial charge in [-0.15, -0.1) is 12.4 Å². The van der Waals surface area contributed by atoms with Gasteiger partial charge in [0.2, 0.25) is 0 Å². The maximum atomic E-state index is 5.87. The van der Waals surface area contributed by atoms with Crippen molar-refractivity contribution in [2.45, 2.75) is 6.42 Å². The van der Waals surface area contributed by atoms with Crippen LogP contribution in [0.5, 0.6) is 0 Å². The second-order valence-electron chi connectivity index (χ2n) is 2.24. The van der Waals surface area contributed by atoms with E-state index in [1.54, 1.807) is 0 Å². The first-order valence-corrected chi connectivity index (χ1v) is 4.14. The molecule has 0 unspecified atom stereocenters. The van der Waals surface area contributed by atoms with Crippen LogP contribution in [-0.2, 0) is 6.42 Å². The molecule has 68 valence electrons. The Morgan fingerprint density at radius 1 is 1.17 bits per heavy atom. The molecule has 12 heavy (non-hydrogen) atoms. The molecular formula is C8H10Cl3N. The molecule has 0 amide bonds. The van der Waals surface area contributed by atoms with Crippen molar-refractivity contribution in [1.29, 1.82) is 0 Å². The molecule has 0 aliphatic rings. The molecule has 1 nitrogen and oxygen atoms in total. The molecule has 2 N–H and O–H groups in total. The number of hydrogen-bond donors (Lipinski definition) is 1. The van der Waals surface area contributed by atoms with Crippen LogP contribution in [0, 0.1) is 0 Å². The third-order valence-corrected chi connectivity index (χ3v) is 2.16. The summed E-state index contributed by atoms with van der Waals surface area (Å²) in [6.07, 6.45) is 0.735. The first-order valence-electron chi connectivity index (χ1n) is 3.38. The molecule has 1 aromatic carbocycles. The molecule has 1 rings (SSSR count). The van der Waals surface area contributed by atoms with Crippen LogP contribution >= 0.6 is 35.6 Å². The summed E-state index contributed by atoms with van der Waals surface area (Å²) in [6.45, 7) is 0.573. The molecule has 0 aliphatic carbocycles. The van der Waals surface area contributed by atoms with E-state index in [0.717, 1.165) is 12.0 Å². The quantitative estimate of drug-likeness (QED) is 0.824. The van der Waals surface area contributed by atoms with Crippen molar-refractivity contribution in [2.24, 2.45) is 5.73 Å². The van der Waals surface area contributed by atoms with E-state index in [2.05, 4.69) is 0 Å². The Hall–Kier alpha value is 0.0500. The molecule has 4 heteroatoms. The average molecular weight is 227 g/mol. The topological polar surface area (TPSA) is 26.0 Å². The minimum Gasteiger partial charge on any atom is -0.330 e. The van der Waals surface area contributed by atoms with Gasteiger partial charge in [-0.2, -0.15) is 0 Å². The van der Waals surface area contributed by atoms with E-state index in [1.165, 1.54) is 0 Å². The molecule has 0 heterocycles. The minimum atomic E-state index is 0. The van der Waals surface area contributed by atoms with Crippen LogP contribution in [0.25, 0.3) is 0 Å². The summed E-state index contributed by atoms with van der Waals surface area (Å²) in [7, 11) is 0. The van der Waals surface area contributed by atoms with Gasteiger partial charge in [-0.3, -0.25) is 0 Å². The molecule has 0 atom stereocenters. The number of rotatable bonds is 2. The number of benzene rings is 1. The smallest absolute Gasteiger partial charge is 0.0453 e. The van der Waals surface area contributed by atoms with E-state index in [9.17, 15) is 0 Å². The Bertz CT molecular complexity index is 230. The van der Waals surface area contributed by atoms with Crippen LogP contribution in [0.1, 0.15) is 5.56 Å². The summed E-state index contributed by atoms with van der Waals surface area (Å²) >= 11 is 11.7. The van der Waals surface area contributed by atoms with Crippen LogP contribution in [0.15, 0.2) is 18.2 Å². The molecule has 1 aromatic rings. The molecule has 0 saturated heterocycles. The maximum Gasteiger partial charge on any atom is 0.0453 e. The second-order valence-corrected chi connectivity index (χ2v) is 3.05. The Kier molecular flexibility index (Phi) is 5.68. The lowest BCUT2D eigenvalue weighted by molar-refractivity contribution is 0.969. The van der Waals surface area contributed by atoms with Gasteiger partial charge in [0.15, 0.2) is 0 Å². The fraction of sp³-hybridized carbons (Fsp3) is 0.250. The summed E-state index contributed by atoms with van der Waals surface area (Å²) in [4.78, 5) is 0. The van der Waals surface area contributed by atoms with Gasteiger partial charge in [0.1, 0.15) is 0 Å². The van der Waals surface area contributed by atoms with Crippen LogP contribution in [-0.4, -0.2) is 6.54 Å². The average Bonchev–Trinajstić information content (AvgIpc) is 1.97. The zero-order valence-electron chi connectivity index (χ0n) is 6.39. The van der Waals surface area contributed by atoms with Crippen molar-refractivity contribution in [3.63, 3.8) is 0 Å². The van der Waals surface area contributed by atoms with Gasteiger partial charge in [0.25, 0.3) is 0 Å². The summed E-state index contributed by atoms with van der Waals surface area (Å²) in [6, 6.07) is 5.46. The Morgan fingerprint density at radius 3 is 2.08 bits per heavy atom. The van der Waals surface area contributed by atoms with Crippen molar-refractivity contribution in [2.75, 3.05) is 6.54 Å². The lowest BCUT2D eigenvalue weighted by atomic mass is 10.1. The van der Waals surface area contributed by atoms with Crippen molar-refractivity contribution in [3.05, 3.63) is 33.8 Å². The molecule has 0 aliphatic heterocycles. The number of nitrogens with two attached hydrogens (primary N) is 1. The molecular weight excluding hydrogens is 216 g/mol. The summed E-state index contributed by atoms with van der Waals surface area (Å²) in [5.41, 5.74) is 6.32. The first-order chi connectivity index (χ1) is 5.25. The fourth-order valence-electron chi connectivity index (χ4n) is 0.916. The van der Waals surface area contributed by atoms with Crippen LogP contribution in [0.3, 0.4) is 0 Å². The fourth-order valence-corrected chi connectivity index (χ4v) is 1.50. The lowest BCUT2D eigenvalue weighted by Gasteiger charge is -2.03. The predicted octanol–water partition coefficient (Wildman–Crippen LogP) is 2.92. The van der Waals surface area contributed by atoms with Crippen LogP contribution < -0.4 is 5.73 Å². The minimum absolute atomic E-state index is 0. The van der Waals surface area contributed by atoms with E-state index in [0.29, 0.717) is 16.6 Å². The van der Waals surface area contributed by atoms with Gasteiger partial charge in [-0.25, -0.2) is 0 Å². The van der Waals surface area contributed by atoms with E-state index in [4.69, 9.17) is 28.9 Å². The second kappa shape index (κ2) is 5.65. The summed E-state index contributed by atoms with van der Waals surface area (Å²) < 4.78 is 0. The zero-order valence-corrected chi connectivity index (χ0v) is 8.72. The van der Waals surface area contributed by atoms with Crippen LogP contribution in [0.4, 0.5) is 0 Å². The highest BCUT2D eigenvalue weighted by molar-refractivity contribution is 6.35. The number of halogens is 3. The SMILES string of the molecule is Cl.NCCc1c(Cl)cccc1Cl. The summed E-state index contributed by atoms with van der Waals surface area (Å²) in [5, 5.41) is 1.39. The molecule has 0 bridgehead atoms. The van der Waals surface area contributed by atoms with E-state index in [-0.39, 0.29) is 12.4 Å². The molecule has 0 spiro atoms. The van der Waals surface area contributed by atoms with E-state index < -0.39 is 0 Å². The molecule has 0 fully saturated rings. The zero-order chi connectivity index (χ0) is 8.27. The molecule has 0 saturated carbocycles. The first kappa shape index (κ1) is 12.0. The molecule has 0 radical (unpaired) electrons. The highest BCUT2D eigenvalue weighted by atomic mass is 35.5. The Labute approximate surface area is 88.3 Å². The van der Waals surface area contributed by atoms with Gasteiger partial charge in [-0.05, 0) is 30.7 Å². The summed E-state index contributed by atoms with van der Waals surface area (Å²) in [5.74, 6) is 0. The normalized spacial score (nSPS) is 9.25. The third-order valence-electron chi connectivity index (χ3n) is 1.46. The maximum absolute atomic E-state index is 5.87. The Balaban J connectivity index is 0.00000121. The van der Waals surface area contributed by atoms with Crippen molar-refractivity contribution < 1.29 is 0 Å². The number of hydrogen-bond acceptors (Lipinski definition) is 1. The molecule has 0 aromatic heterocycles. The van der Waals surface area contributed by atoms with Crippen molar-refractivity contribution >= 4 is 35.6 Å². The van der Waals surface area contributed by atoms with Gasteiger partial charge < -0.3 is 5.73 Å². The van der Waals surface area contributed by atoms with Gasteiger partial charge in [0, 0.05) is 10.0 Å². The van der Waals surface area contributed by atoms with Crippen molar-refractivity contribution in [3.8, 4) is 0 Å². The van der Waals surface area contributed by atoms with Gasteiger partial charge in [0.05, 0.1) is 0 Å². The predicted molar refractivity (Wildman–Crippen MR) is 56.5 cm³/mol. The monoisotopic (exact) mass is 225 g/mol. The van der Waals surface area contributed by atoms with Gasteiger partial charge >= 0.3 is 0 Å². The van der Waals surface area contributed by atoms with Crippen molar-refractivity contribution in [1.82, 2.24) is 0 Å². The highest BCUT2D eigenvalue weighted by Gasteiger charge is 2.02. The Morgan fingerprint density at radius 2 is 1.67 bits per heavy atom. The third kappa shape index (κ3) is 2.83. The lowest BCUT2D eigenvalue weighted by Crippen LogP contribution is -2.03.